The topological polar surface area (TPSA) is 50.4 Å². The first-order valence-electron chi connectivity index (χ1n) is 7.33. The maximum atomic E-state index is 13.1. The van der Waals surface area contributed by atoms with Gasteiger partial charge < -0.3 is 15.4 Å². The molecule has 1 unspecified atom stereocenters. The number of nitrogens with one attached hydrogen (secondary N) is 2. The number of fused-ring (bicyclic) bond motifs is 1. The van der Waals surface area contributed by atoms with Crippen LogP contribution in [0.4, 0.5) is 14.5 Å². The van der Waals surface area contributed by atoms with Gasteiger partial charge in [0.05, 0.1) is 19.2 Å². The number of carbonyl (C=O) groups is 1. The minimum absolute atomic E-state index is 0.0670. The molecule has 1 heterocycles. The van der Waals surface area contributed by atoms with Gasteiger partial charge in [0, 0.05) is 23.7 Å². The predicted molar refractivity (Wildman–Crippen MR) is 82.3 cm³/mol. The van der Waals surface area contributed by atoms with E-state index in [4.69, 9.17) is 4.74 Å². The van der Waals surface area contributed by atoms with Crippen molar-refractivity contribution in [3.8, 4) is 5.75 Å². The second-order valence-electron chi connectivity index (χ2n) is 5.31. The fourth-order valence-corrected chi connectivity index (χ4v) is 2.58. The molecule has 6 heteroatoms. The first kappa shape index (κ1) is 15.3. The predicted octanol–water partition coefficient (Wildman–Crippen LogP) is 3.02. The van der Waals surface area contributed by atoms with Crippen molar-refractivity contribution in [3.63, 3.8) is 0 Å². The van der Waals surface area contributed by atoms with Crippen molar-refractivity contribution in [2.24, 2.45) is 0 Å². The summed E-state index contributed by atoms with van der Waals surface area (Å²) in [6, 6.07) is 10.5. The lowest BCUT2D eigenvalue weighted by atomic mass is 10.0. The third-order valence-corrected chi connectivity index (χ3v) is 3.61. The molecule has 1 aliphatic heterocycles. The Morgan fingerprint density at radius 2 is 1.91 bits per heavy atom. The fraction of sp³-hybridized carbons (Fsp3) is 0.235. The number of halogens is 2. The van der Waals surface area contributed by atoms with E-state index >= 15 is 0 Å². The van der Waals surface area contributed by atoms with Gasteiger partial charge in [-0.1, -0.05) is 18.2 Å². The van der Waals surface area contributed by atoms with Crippen LogP contribution < -0.4 is 15.4 Å². The molecule has 0 aliphatic carbocycles. The van der Waals surface area contributed by atoms with Gasteiger partial charge in [0.1, 0.15) is 17.4 Å². The number of hydrogen-bond donors (Lipinski definition) is 2. The van der Waals surface area contributed by atoms with E-state index in [1.54, 1.807) is 0 Å². The fourth-order valence-electron chi connectivity index (χ4n) is 2.58. The molecule has 0 spiro atoms. The van der Waals surface area contributed by atoms with E-state index in [0.29, 0.717) is 13.0 Å². The number of amides is 1. The Balaban J connectivity index is 1.60. The van der Waals surface area contributed by atoms with Gasteiger partial charge in [-0.3, -0.25) is 4.79 Å². The molecule has 0 radical (unpaired) electrons. The lowest BCUT2D eigenvalue weighted by molar-refractivity contribution is -0.120. The molecule has 0 saturated heterocycles. The van der Waals surface area contributed by atoms with Gasteiger partial charge in [0.25, 0.3) is 0 Å². The molecule has 4 nitrogen and oxygen atoms in total. The van der Waals surface area contributed by atoms with Crippen LogP contribution in [-0.2, 0) is 4.79 Å². The number of anilines is 1. The smallest absolute Gasteiger partial charge is 0.239 e. The van der Waals surface area contributed by atoms with Crippen LogP contribution in [0.5, 0.6) is 5.75 Å². The number of para-hydroxylation sites is 1. The van der Waals surface area contributed by atoms with Gasteiger partial charge >= 0.3 is 0 Å². The average molecular weight is 318 g/mol. The minimum Gasteiger partial charge on any atom is -0.493 e. The molecule has 23 heavy (non-hydrogen) atoms. The van der Waals surface area contributed by atoms with E-state index < -0.39 is 11.6 Å². The first-order valence-corrected chi connectivity index (χ1v) is 7.33. The van der Waals surface area contributed by atoms with Gasteiger partial charge in [-0.2, -0.15) is 0 Å². The van der Waals surface area contributed by atoms with Crippen LogP contribution in [-0.4, -0.2) is 19.1 Å². The summed E-state index contributed by atoms with van der Waals surface area (Å²) in [5.41, 5.74) is 1.16. The van der Waals surface area contributed by atoms with Gasteiger partial charge in [0.15, 0.2) is 0 Å². The van der Waals surface area contributed by atoms with E-state index in [0.717, 1.165) is 29.5 Å². The summed E-state index contributed by atoms with van der Waals surface area (Å²) in [5.74, 6) is -0.863. The van der Waals surface area contributed by atoms with Crippen LogP contribution in [0.3, 0.4) is 0 Å². The Bertz CT molecular complexity index is 701. The minimum atomic E-state index is -0.689. The molecule has 2 aromatic rings. The lowest BCUT2D eigenvalue weighted by Gasteiger charge is -2.26. The van der Waals surface area contributed by atoms with E-state index in [2.05, 4.69) is 10.6 Å². The van der Waals surface area contributed by atoms with Crippen molar-refractivity contribution < 1.29 is 18.3 Å². The highest BCUT2D eigenvalue weighted by Crippen LogP contribution is 2.31. The number of benzene rings is 2. The molecule has 2 N–H and O–H groups in total. The highest BCUT2D eigenvalue weighted by Gasteiger charge is 2.22. The third kappa shape index (κ3) is 3.77. The van der Waals surface area contributed by atoms with Gasteiger partial charge in [-0.05, 0) is 18.2 Å². The molecule has 1 atom stereocenters. The summed E-state index contributed by atoms with van der Waals surface area (Å²) >= 11 is 0. The lowest BCUT2D eigenvalue weighted by Crippen LogP contribution is -2.35. The standard InChI is InChI=1S/C17H16F2N2O2/c18-11-7-12(19)9-13(8-11)20-10-17(22)21-15-5-6-23-16-4-2-1-3-14(15)16/h1-4,7-9,15,20H,5-6,10H2,(H,21,22). The number of hydrogen-bond acceptors (Lipinski definition) is 3. The second-order valence-corrected chi connectivity index (χ2v) is 5.31. The Morgan fingerprint density at radius 1 is 1.17 bits per heavy atom. The Labute approximate surface area is 132 Å². The van der Waals surface area contributed by atoms with Crippen molar-refractivity contribution in [3.05, 3.63) is 59.7 Å². The maximum Gasteiger partial charge on any atom is 0.239 e. The average Bonchev–Trinajstić information content (AvgIpc) is 2.52. The van der Waals surface area contributed by atoms with Gasteiger partial charge in [0.2, 0.25) is 5.91 Å². The van der Waals surface area contributed by atoms with Crippen LogP contribution in [0, 0.1) is 11.6 Å². The van der Waals surface area contributed by atoms with Crippen LogP contribution in [0.15, 0.2) is 42.5 Å². The zero-order valence-electron chi connectivity index (χ0n) is 12.3. The third-order valence-electron chi connectivity index (χ3n) is 3.61. The van der Waals surface area contributed by atoms with E-state index in [1.807, 2.05) is 24.3 Å². The zero-order chi connectivity index (χ0) is 16.2. The Hall–Kier alpha value is -2.63. The van der Waals surface area contributed by atoms with Gasteiger partial charge in [-0.15, -0.1) is 0 Å². The molecule has 1 aliphatic rings. The van der Waals surface area contributed by atoms with Crippen molar-refractivity contribution in [2.45, 2.75) is 12.5 Å². The number of ether oxygens (including phenoxy) is 1. The largest absolute Gasteiger partial charge is 0.493 e. The van der Waals surface area contributed by atoms with Crippen molar-refractivity contribution in [2.75, 3.05) is 18.5 Å². The summed E-state index contributed by atoms with van der Waals surface area (Å²) in [4.78, 5) is 12.1. The Morgan fingerprint density at radius 3 is 2.70 bits per heavy atom. The highest BCUT2D eigenvalue weighted by atomic mass is 19.1. The SMILES string of the molecule is O=C(CNc1cc(F)cc(F)c1)NC1CCOc2ccccc21. The summed E-state index contributed by atoms with van der Waals surface area (Å²) in [7, 11) is 0. The van der Waals surface area contributed by atoms with E-state index in [1.165, 1.54) is 0 Å². The van der Waals surface area contributed by atoms with Crippen LogP contribution in [0.1, 0.15) is 18.0 Å². The van der Waals surface area contributed by atoms with Crippen molar-refractivity contribution in [1.29, 1.82) is 0 Å². The number of rotatable bonds is 4. The molecule has 120 valence electrons. The van der Waals surface area contributed by atoms with E-state index in [9.17, 15) is 13.6 Å². The summed E-state index contributed by atoms with van der Waals surface area (Å²) < 4.78 is 31.7. The second kappa shape index (κ2) is 6.64. The molecular formula is C17H16F2N2O2. The molecule has 3 rings (SSSR count). The molecule has 0 fully saturated rings. The molecule has 2 aromatic carbocycles. The molecule has 0 aromatic heterocycles. The van der Waals surface area contributed by atoms with Crippen molar-refractivity contribution in [1.82, 2.24) is 5.32 Å². The molecule has 0 saturated carbocycles. The van der Waals surface area contributed by atoms with Crippen LogP contribution in [0.2, 0.25) is 0 Å². The maximum absolute atomic E-state index is 13.1. The Kier molecular flexibility index (Phi) is 4.41. The van der Waals surface area contributed by atoms with Gasteiger partial charge in [-0.25, -0.2) is 8.78 Å². The summed E-state index contributed by atoms with van der Waals surface area (Å²) in [5, 5.41) is 5.62. The van der Waals surface area contributed by atoms with E-state index in [-0.39, 0.29) is 24.2 Å². The summed E-state index contributed by atoms with van der Waals surface area (Å²) in [6.45, 7) is 0.465. The van der Waals surface area contributed by atoms with Crippen molar-refractivity contribution >= 4 is 11.6 Å². The number of carbonyl (C=O) groups excluding carboxylic acids is 1. The summed E-state index contributed by atoms with van der Waals surface area (Å²) in [6.07, 6.45) is 0.678. The highest BCUT2D eigenvalue weighted by molar-refractivity contribution is 5.81. The molecular weight excluding hydrogens is 302 g/mol. The quantitative estimate of drug-likeness (QED) is 0.911. The zero-order valence-corrected chi connectivity index (χ0v) is 12.3. The molecule has 0 bridgehead atoms. The monoisotopic (exact) mass is 318 g/mol. The first-order chi connectivity index (χ1) is 11.1. The molecule has 1 amide bonds. The van der Waals surface area contributed by atoms with Crippen LogP contribution in [0.25, 0.3) is 0 Å². The van der Waals surface area contributed by atoms with Crippen LogP contribution >= 0.6 is 0 Å². The normalized spacial score (nSPS) is 16.2.